The Morgan fingerprint density at radius 1 is 0.975 bits per heavy atom. The lowest BCUT2D eigenvalue weighted by atomic mass is 9.77. The van der Waals surface area contributed by atoms with E-state index in [2.05, 4.69) is 40.1 Å². The average Bonchev–Trinajstić information content (AvgIpc) is 3.57. The summed E-state index contributed by atoms with van der Waals surface area (Å²) in [6.07, 6.45) is 6.95. The van der Waals surface area contributed by atoms with Crippen LogP contribution in [0.2, 0.25) is 0 Å². The third-order valence-corrected chi connectivity index (χ3v) is 10.8. The summed E-state index contributed by atoms with van der Waals surface area (Å²) in [5.74, 6) is 1.94. The van der Waals surface area contributed by atoms with Crippen molar-refractivity contribution in [1.82, 2.24) is 14.7 Å². The molecule has 2 amide bonds. The average molecular weight is 564 g/mol. The van der Waals surface area contributed by atoms with Crippen LogP contribution in [0.25, 0.3) is 0 Å². The van der Waals surface area contributed by atoms with E-state index in [1.165, 1.54) is 24.7 Å². The Morgan fingerprint density at radius 2 is 1.68 bits per heavy atom. The zero-order chi connectivity index (χ0) is 27.9. The Balaban J connectivity index is 1.06. The van der Waals surface area contributed by atoms with Crippen LogP contribution in [0, 0.1) is 17.3 Å². The van der Waals surface area contributed by atoms with Gasteiger partial charge in [-0.25, -0.2) is 8.42 Å². The van der Waals surface area contributed by atoms with Gasteiger partial charge in [0.25, 0.3) is 0 Å². The fourth-order valence-corrected chi connectivity index (χ4v) is 7.73. The van der Waals surface area contributed by atoms with Gasteiger partial charge in [-0.3, -0.25) is 9.59 Å². The van der Waals surface area contributed by atoms with Crippen LogP contribution in [0.1, 0.15) is 55.6 Å². The summed E-state index contributed by atoms with van der Waals surface area (Å²) in [4.78, 5) is 32.9. The number of benzene rings is 2. The topological polar surface area (TPSA) is 78.0 Å². The second-order valence-electron chi connectivity index (χ2n) is 12.9. The number of piperidine rings is 1. The van der Waals surface area contributed by atoms with Gasteiger partial charge < -0.3 is 14.7 Å². The molecule has 40 heavy (non-hydrogen) atoms. The summed E-state index contributed by atoms with van der Waals surface area (Å²) >= 11 is 0. The lowest BCUT2D eigenvalue weighted by Crippen LogP contribution is -2.44. The molecule has 3 heterocycles. The number of likely N-dealkylation sites (tertiary alicyclic amines) is 3. The Labute approximate surface area is 238 Å². The minimum absolute atomic E-state index is 0.0288. The lowest BCUT2D eigenvalue weighted by molar-refractivity contribution is -0.130. The number of hydrogen-bond donors (Lipinski definition) is 0. The molecule has 214 valence electrons. The highest BCUT2D eigenvalue weighted by Crippen LogP contribution is 2.43. The van der Waals surface area contributed by atoms with Crippen LogP contribution in [-0.2, 0) is 26.0 Å². The van der Waals surface area contributed by atoms with Gasteiger partial charge in [0.2, 0.25) is 11.8 Å². The molecular formula is C32H41N3O4S. The lowest BCUT2D eigenvalue weighted by Gasteiger charge is -2.40. The molecule has 2 atom stereocenters. The number of carbonyl (C=O) groups is 2. The van der Waals surface area contributed by atoms with Crippen LogP contribution in [0.15, 0.2) is 59.5 Å². The zero-order valence-electron chi connectivity index (χ0n) is 23.5. The summed E-state index contributed by atoms with van der Waals surface area (Å²) < 4.78 is 23.5. The highest BCUT2D eigenvalue weighted by atomic mass is 32.2. The van der Waals surface area contributed by atoms with E-state index in [0.29, 0.717) is 47.9 Å². The first-order chi connectivity index (χ1) is 19.2. The maximum Gasteiger partial charge on any atom is 0.223 e. The van der Waals surface area contributed by atoms with Crippen LogP contribution in [-0.4, -0.2) is 80.5 Å². The molecule has 4 aliphatic rings. The van der Waals surface area contributed by atoms with Crippen molar-refractivity contribution in [3.8, 4) is 0 Å². The molecule has 0 bridgehead atoms. The first-order valence-corrected chi connectivity index (χ1v) is 16.7. The van der Waals surface area contributed by atoms with E-state index >= 15 is 0 Å². The highest BCUT2D eigenvalue weighted by Gasteiger charge is 2.46. The quantitative estimate of drug-likeness (QED) is 0.486. The second kappa shape index (κ2) is 10.9. The smallest absolute Gasteiger partial charge is 0.223 e. The summed E-state index contributed by atoms with van der Waals surface area (Å²) in [7, 11) is -3.23. The van der Waals surface area contributed by atoms with Crippen LogP contribution in [0.5, 0.6) is 0 Å². The number of nitrogens with zero attached hydrogens (tertiary/aromatic N) is 3. The minimum atomic E-state index is -3.23. The van der Waals surface area contributed by atoms with Crippen LogP contribution in [0.4, 0.5) is 0 Å². The predicted molar refractivity (Wildman–Crippen MR) is 154 cm³/mol. The number of hydrogen-bond acceptors (Lipinski definition) is 5. The molecule has 0 aromatic heterocycles. The molecule has 2 unspecified atom stereocenters. The molecule has 0 N–H and O–H groups in total. The van der Waals surface area contributed by atoms with Crippen molar-refractivity contribution >= 4 is 21.7 Å². The molecule has 3 saturated heterocycles. The first-order valence-electron chi connectivity index (χ1n) is 14.8. The normalized spacial score (nSPS) is 25.2. The van der Waals surface area contributed by atoms with Crippen LogP contribution >= 0.6 is 0 Å². The maximum atomic E-state index is 13.0. The second-order valence-corrected chi connectivity index (χ2v) is 14.9. The first kappa shape index (κ1) is 27.5. The number of amides is 2. The minimum Gasteiger partial charge on any atom is -0.342 e. The number of rotatable bonds is 8. The molecular weight excluding hydrogens is 522 g/mol. The van der Waals surface area contributed by atoms with Crippen molar-refractivity contribution in [3.05, 3.63) is 65.7 Å². The van der Waals surface area contributed by atoms with E-state index in [9.17, 15) is 18.0 Å². The summed E-state index contributed by atoms with van der Waals surface area (Å²) in [5, 5.41) is 0. The number of sulfone groups is 1. The Kier molecular flexibility index (Phi) is 7.51. The summed E-state index contributed by atoms with van der Waals surface area (Å²) in [5.41, 5.74) is 2.33. The van der Waals surface area contributed by atoms with Crippen LogP contribution < -0.4 is 0 Å². The molecule has 4 fully saturated rings. The molecule has 1 aliphatic carbocycles. The van der Waals surface area contributed by atoms with E-state index in [0.717, 1.165) is 57.7 Å². The van der Waals surface area contributed by atoms with Crippen molar-refractivity contribution in [1.29, 1.82) is 0 Å². The van der Waals surface area contributed by atoms with E-state index in [1.54, 1.807) is 12.1 Å². The Hall–Kier alpha value is -2.71. The van der Waals surface area contributed by atoms with Gasteiger partial charge in [0.1, 0.15) is 0 Å². The molecule has 1 saturated carbocycles. The third kappa shape index (κ3) is 6.13. The van der Waals surface area contributed by atoms with Crippen LogP contribution in [0.3, 0.4) is 0 Å². The zero-order valence-corrected chi connectivity index (χ0v) is 24.3. The van der Waals surface area contributed by atoms with Crippen molar-refractivity contribution in [2.75, 3.05) is 45.5 Å². The fourth-order valence-electron chi connectivity index (χ4n) is 7.10. The summed E-state index contributed by atoms with van der Waals surface area (Å²) in [6, 6.07) is 17.6. The molecule has 2 aromatic rings. The Bertz CT molecular complexity index is 1330. The van der Waals surface area contributed by atoms with Gasteiger partial charge in [-0.1, -0.05) is 42.5 Å². The molecule has 8 heteroatoms. The standard InChI is InChI=1S/C32H41N3O4S/c1-40(38,39)28-11-9-25(10-12-28)19-35-23-32(18-31(35)37)13-15-33(16-14-32)20-27-21-34(30(36)17-24-7-8-24)22-29(27)26-5-3-2-4-6-26/h2-6,9-12,24,27,29H,7-8,13-23H2,1H3. The van der Waals surface area contributed by atoms with Crippen molar-refractivity contribution < 1.29 is 18.0 Å². The maximum absolute atomic E-state index is 13.0. The van der Waals surface area contributed by atoms with Gasteiger partial charge >= 0.3 is 0 Å². The molecule has 0 radical (unpaired) electrons. The number of carbonyl (C=O) groups excluding carboxylic acids is 2. The van der Waals surface area contributed by atoms with E-state index in [4.69, 9.17) is 0 Å². The van der Waals surface area contributed by atoms with Crippen molar-refractivity contribution in [2.24, 2.45) is 17.3 Å². The SMILES string of the molecule is CS(=O)(=O)c1ccc(CN2CC3(CCN(CC4CN(C(=O)CC5CC5)CC4c4ccccc4)CC3)CC2=O)cc1. The fraction of sp³-hybridized carbons (Fsp3) is 0.562. The molecule has 1 spiro atoms. The van der Waals surface area contributed by atoms with Gasteiger partial charge in [-0.2, -0.15) is 0 Å². The monoisotopic (exact) mass is 563 g/mol. The third-order valence-electron chi connectivity index (χ3n) is 9.72. The van der Waals surface area contributed by atoms with Crippen molar-refractivity contribution in [2.45, 2.75) is 55.9 Å². The Morgan fingerprint density at radius 3 is 2.33 bits per heavy atom. The van der Waals surface area contributed by atoms with Gasteiger partial charge in [-0.05, 0) is 79.3 Å². The molecule has 2 aromatic carbocycles. The molecule has 7 nitrogen and oxygen atoms in total. The molecule has 6 rings (SSSR count). The van der Waals surface area contributed by atoms with E-state index in [1.807, 2.05) is 17.0 Å². The van der Waals surface area contributed by atoms with Gasteiger partial charge in [0, 0.05) is 57.7 Å². The van der Waals surface area contributed by atoms with E-state index in [-0.39, 0.29) is 11.3 Å². The van der Waals surface area contributed by atoms with Gasteiger partial charge in [-0.15, -0.1) is 0 Å². The highest BCUT2D eigenvalue weighted by molar-refractivity contribution is 7.90. The van der Waals surface area contributed by atoms with Gasteiger partial charge in [0.05, 0.1) is 4.90 Å². The largest absolute Gasteiger partial charge is 0.342 e. The summed E-state index contributed by atoms with van der Waals surface area (Å²) in [6.45, 7) is 5.93. The molecule has 3 aliphatic heterocycles. The van der Waals surface area contributed by atoms with Crippen molar-refractivity contribution in [3.63, 3.8) is 0 Å². The van der Waals surface area contributed by atoms with Gasteiger partial charge in [0.15, 0.2) is 9.84 Å². The predicted octanol–water partition coefficient (Wildman–Crippen LogP) is 3.95. The van der Waals surface area contributed by atoms with E-state index < -0.39 is 9.84 Å².